The summed E-state index contributed by atoms with van der Waals surface area (Å²) in [5.74, 6) is -1.65. The molecule has 0 fully saturated rings. The molecule has 0 saturated carbocycles. The van der Waals surface area contributed by atoms with E-state index in [9.17, 15) is 13.6 Å². The van der Waals surface area contributed by atoms with Gasteiger partial charge in [0.2, 0.25) is 0 Å². The highest BCUT2D eigenvalue weighted by Gasteiger charge is 2.51. The maximum atomic E-state index is 13.6. The van der Waals surface area contributed by atoms with E-state index in [-0.39, 0.29) is 18.1 Å². The van der Waals surface area contributed by atoms with Crippen molar-refractivity contribution in [1.29, 1.82) is 0 Å². The molecule has 1 aromatic carbocycles. The molecule has 96 valence electrons. The molecule has 0 spiro atoms. The Balaban J connectivity index is 2.27. The average Bonchev–Trinajstić information content (AvgIpc) is 3.05. The van der Waals surface area contributed by atoms with E-state index in [2.05, 4.69) is 0 Å². The van der Waals surface area contributed by atoms with Crippen molar-refractivity contribution in [2.45, 2.75) is 20.3 Å². The van der Waals surface area contributed by atoms with Gasteiger partial charge in [0.1, 0.15) is 17.0 Å². The molecule has 0 radical (unpaired) electrons. The zero-order valence-corrected chi connectivity index (χ0v) is 10.3. The number of hydrogen-bond acceptors (Lipinski definition) is 2. The first-order valence-corrected chi connectivity index (χ1v) is 5.91. The number of halogens is 2. The molecule has 2 nitrogen and oxygen atoms in total. The van der Waals surface area contributed by atoms with Gasteiger partial charge in [-0.2, -0.15) is 0 Å². The summed E-state index contributed by atoms with van der Waals surface area (Å²) in [7, 11) is 0. The zero-order valence-electron chi connectivity index (χ0n) is 10.3. The molecular formula is C14H14F2O2. The largest absolute Gasteiger partial charge is 0.465 e. The highest BCUT2D eigenvalue weighted by molar-refractivity contribution is 6.05. The zero-order chi connectivity index (χ0) is 13.3. The maximum absolute atomic E-state index is 13.6. The maximum Gasteiger partial charge on any atom is 0.320 e. The Hall–Kier alpha value is -1.71. The highest BCUT2D eigenvalue weighted by atomic mass is 19.1. The van der Waals surface area contributed by atoms with Crippen molar-refractivity contribution in [1.82, 2.24) is 0 Å². The molecule has 0 aromatic heterocycles. The molecule has 0 saturated heterocycles. The van der Waals surface area contributed by atoms with Gasteiger partial charge in [0.05, 0.1) is 6.61 Å². The molecule has 1 atom stereocenters. The number of hydrogen-bond donors (Lipinski definition) is 0. The minimum atomic E-state index is -0.825. The predicted molar refractivity (Wildman–Crippen MR) is 63.7 cm³/mol. The third-order valence-electron chi connectivity index (χ3n) is 3.21. The molecule has 0 bridgehead atoms. The summed E-state index contributed by atoms with van der Waals surface area (Å²) in [5.41, 5.74) is 0.0292. The van der Waals surface area contributed by atoms with Crippen molar-refractivity contribution in [3.05, 3.63) is 41.5 Å². The van der Waals surface area contributed by atoms with Crippen molar-refractivity contribution in [2.24, 2.45) is 5.41 Å². The monoisotopic (exact) mass is 252 g/mol. The first-order chi connectivity index (χ1) is 8.55. The van der Waals surface area contributed by atoms with Crippen molar-refractivity contribution < 1.29 is 18.3 Å². The molecule has 1 unspecified atom stereocenters. The van der Waals surface area contributed by atoms with Gasteiger partial charge < -0.3 is 4.74 Å². The van der Waals surface area contributed by atoms with E-state index in [0.29, 0.717) is 12.0 Å². The van der Waals surface area contributed by atoms with Gasteiger partial charge in [-0.3, -0.25) is 4.79 Å². The predicted octanol–water partition coefficient (Wildman–Crippen LogP) is 3.32. The van der Waals surface area contributed by atoms with Gasteiger partial charge in [0.15, 0.2) is 0 Å². The number of benzene rings is 1. The molecule has 0 amide bonds. The number of esters is 1. The Kier molecular flexibility index (Phi) is 3.20. The van der Waals surface area contributed by atoms with Gasteiger partial charge >= 0.3 is 5.97 Å². The summed E-state index contributed by atoms with van der Waals surface area (Å²) < 4.78 is 31.5. The van der Waals surface area contributed by atoms with Crippen LogP contribution >= 0.6 is 0 Å². The lowest BCUT2D eigenvalue weighted by Gasteiger charge is -2.15. The molecule has 0 heterocycles. The summed E-state index contributed by atoms with van der Waals surface area (Å²) in [5, 5.41) is 0. The Morgan fingerprint density at radius 2 is 2.06 bits per heavy atom. The SMILES string of the molecule is CCOC(=O)C1(CC)C=C1c1ccc(F)cc1F. The van der Waals surface area contributed by atoms with Crippen LogP contribution in [0.1, 0.15) is 25.8 Å². The van der Waals surface area contributed by atoms with Crippen LogP contribution in [-0.2, 0) is 9.53 Å². The minimum Gasteiger partial charge on any atom is -0.465 e. The fraction of sp³-hybridized carbons (Fsp3) is 0.357. The minimum absolute atomic E-state index is 0.270. The molecule has 18 heavy (non-hydrogen) atoms. The van der Waals surface area contributed by atoms with Crippen LogP contribution in [0.2, 0.25) is 0 Å². The average molecular weight is 252 g/mol. The third kappa shape index (κ3) is 1.92. The standard InChI is InChI=1S/C14H14F2O2/c1-3-14(13(17)18-4-2)8-11(14)10-6-5-9(15)7-12(10)16/h5-8H,3-4H2,1-2H3. The summed E-state index contributed by atoms with van der Waals surface area (Å²) in [6.45, 7) is 3.84. The van der Waals surface area contributed by atoms with Crippen LogP contribution in [-0.4, -0.2) is 12.6 Å². The molecule has 1 aromatic rings. The second-order valence-corrected chi connectivity index (χ2v) is 4.23. The first kappa shape index (κ1) is 12.7. The van der Waals surface area contributed by atoms with Gasteiger partial charge in [-0.1, -0.05) is 13.0 Å². The summed E-state index contributed by atoms with van der Waals surface area (Å²) in [6, 6.07) is 3.36. The van der Waals surface area contributed by atoms with E-state index in [0.717, 1.165) is 6.07 Å². The summed E-state index contributed by atoms with van der Waals surface area (Å²) >= 11 is 0. The Labute approximate surface area is 104 Å². The fourth-order valence-electron chi connectivity index (χ4n) is 2.10. The quantitative estimate of drug-likeness (QED) is 0.768. The van der Waals surface area contributed by atoms with Crippen molar-refractivity contribution in [3.8, 4) is 0 Å². The number of ether oxygens (including phenoxy) is 1. The van der Waals surface area contributed by atoms with Crippen molar-refractivity contribution in [3.63, 3.8) is 0 Å². The normalized spacial score (nSPS) is 21.4. The van der Waals surface area contributed by atoms with E-state index >= 15 is 0 Å². The second-order valence-electron chi connectivity index (χ2n) is 4.23. The first-order valence-electron chi connectivity index (χ1n) is 5.91. The third-order valence-corrected chi connectivity index (χ3v) is 3.21. The molecule has 2 rings (SSSR count). The van der Waals surface area contributed by atoms with Gasteiger partial charge in [0.25, 0.3) is 0 Å². The van der Waals surface area contributed by atoms with Crippen LogP contribution < -0.4 is 0 Å². The Morgan fingerprint density at radius 3 is 2.61 bits per heavy atom. The van der Waals surface area contributed by atoms with E-state index in [1.807, 2.05) is 6.92 Å². The second kappa shape index (κ2) is 4.52. The molecule has 0 N–H and O–H groups in total. The van der Waals surface area contributed by atoms with Gasteiger partial charge in [-0.25, -0.2) is 8.78 Å². The number of carbonyl (C=O) groups is 1. The fourth-order valence-corrected chi connectivity index (χ4v) is 2.10. The smallest absolute Gasteiger partial charge is 0.320 e. The van der Waals surface area contributed by atoms with Gasteiger partial charge in [-0.15, -0.1) is 0 Å². The number of rotatable bonds is 4. The lowest BCUT2D eigenvalue weighted by Crippen LogP contribution is -2.21. The van der Waals surface area contributed by atoms with E-state index < -0.39 is 17.0 Å². The van der Waals surface area contributed by atoms with Crippen molar-refractivity contribution in [2.75, 3.05) is 6.61 Å². The van der Waals surface area contributed by atoms with E-state index in [1.165, 1.54) is 12.1 Å². The van der Waals surface area contributed by atoms with Crippen LogP contribution in [0.3, 0.4) is 0 Å². The summed E-state index contributed by atoms with van der Waals surface area (Å²) in [6.07, 6.45) is 2.19. The van der Waals surface area contributed by atoms with Crippen LogP contribution in [0.15, 0.2) is 24.3 Å². The Bertz CT molecular complexity index is 523. The van der Waals surface area contributed by atoms with E-state index in [4.69, 9.17) is 4.74 Å². The van der Waals surface area contributed by atoms with Crippen molar-refractivity contribution >= 4 is 11.5 Å². The highest BCUT2D eigenvalue weighted by Crippen LogP contribution is 2.54. The van der Waals surface area contributed by atoms with Gasteiger partial charge in [0, 0.05) is 11.6 Å². The summed E-state index contributed by atoms with van der Waals surface area (Å²) in [4.78, 5) is 11.8. The number of carbonyl (C=O) groups excluding carboxylic acids is 1. The van der Waals surface area contributed by atoms with Crippen LogP contribution in [0.25, 0.3) is 5.57 Å². The lowest BCUT2D eigenvalue weighted by molar-refractivity contribution is -0.148. The molecular weight excluding hydrogens is 238 g/mol. The topological polar surface area (TPSA) is 26.3 Å². The van der Waals surface area contributed by atoms with Crippen LogP contribution in [0.5, 0.6) is 0 Å². The molecule has 1 aliphatic rings. The lowest BCUT2D eigenvalue weighted by atomic mass is 9.93. The Morgan fingerprint density at radius 1 is 1.33 bits per heavy atom. The van der Waals surface area contributed by atoms with Gasteiger partial charge in [-0.05, 0) is 31.1 Å². The van der Waals surface area contributed by atoms with Crippen LogP contribution in [0.4, 0.5) is 8.78 Å². The molecule has 0 aliphatic heterocycles. The van der Waals surface area contributed by atoms with E-state index in [1.54, 1.807) is 13.0 Å². The molecule has 1 aliphatic carbocycles. The van der Waals surface area contributed by atoms with Crippen LogP contribution in [0, 0.1) is 17.0 Å². The molecule has 4 heteroatoms.